The maximum absolute atomic E-state index is 11.8. The summed E-state index contributed by atoms with van der Waals surface area (Å²) >= 11 is 12.1. The zero-order valence-corrected chi connectivity index (χ0v) is 12.0. The van der Waals surface area contributed by atoms with E-state index in [0.717, 1.165) is 6.42 Å². The maximum atomic E-state index is 11.8. The van der Waals surface area contributed by atoms with Gasteiger partial charge in [0.05, 0.1) is 22.3 Å². The smallest absolute Gasteiger partial charge is 0.328 e. The van der Waals surface area contributed by atoms with Gasteiger partial charge in [-0.15, -0.1) is 0 Å². The summed E-state index contributed by atoms with van der Waals surface area (Å²) in [5.41, 5.74) is 0.576. The highest BCUT2D eigenvalue weighted by Gasteiger charge is 2.20. The van der Waals surface area contributed by atoms with E-state index in [-0.39, 0.29) is 5.97 Å². The number of hydrogen-bond acceptors (Lipinski definition) is 3. The summed E-state index contributed by atoms with van der Waals surface area (Å²) in [5.74, 6) is -0.282. The van der Waals surface area contributed by atoms with Crippen LogP contribution in [0.5, 0.6) is 0 Å². The predicted octanol–water partition coefficient (Wildman–Crippen LogP) is 4.14. The van der Waals surface area contributed by atoms with Gasteiger partial charge in [0.25, 0.3) is 0 Å². The molecular weight excluding hydrogens is 273 g/mol. The van der Waals surface area contributed by atoms with E-state index < -0.39 is 6.04 Å². The van der Waals surface area contributed by atoms with E-state index >= 15 is 0 Å². The average molecular weight is 290 g/mol. The molecule has 1 unspecified atom stereocenters. The van der Waals surface area contributed by atoms with Crippen molar-refractivity contribution in [1.29, 1.82) is 0 Å². The maximum Gasteiger partial charge on any atom is 0.328 e. The molecular formula is C13H17Cl2NO2. The van der Waals surface area contributed by atoms with Gasteiger partial charge in [-0.3, -0.25) is 0 Å². The molecule has 100 valence electrons. The number of hydrogen-bond donors (Lipinski definition) is 1. The Morgan fingerprint density at radius 2 is 1.94 bits per heavy atom. The molecule has 0 radical (unpaired) electrons. The van der Waals surface area contributed by atoms with E-state index in [1.165, 1.54) is 0 Å². The number of anilines is 1. The van der Waals surface area contributed by atoms with Crippen LogP contribution in [0.4, 0.5) is 5.69 Å². The molecule has 1 N–H and O–H groups in total. The van der Waals surface area contributed by atoms with Crippen molar-refractivity contribution in [3.8, 4) is 0 Å². The molecule has 1 aromatic carbocycles. The lowest BCUT2D eigenvalue weighted by molar-refractivity contribution is -0.144. The van der Waals surface area contributed by atoms with Crippen LogP contribution in [0, 0.1) is 0 Å². The third-order valence-electron chi connectivity index (χ3n) is 2.43. The minimum Gasteiger partial charge on any atom is -0.464 e. The third kappa shape index (κ3) is 4.07. The molecule has 18 heavy (non-hydrogen) atoms. The molecule has 0 amide bonds. The summed E-state index contributed by atoms with van der Waals surface area (Å²) < 4.78 is 5.02. The largest absolute Gasteiger partial charge is 0.464 e. The standard InChI is InChI=1S/C13H17Cl2NO2/c1-3-6-11(13(17)18-4-2)16-12-9(14)7-5-8-10(12)15/h5,7-8,11,16H,3-4,6H2,1-2H3. The van der Waals surface area contributed by atoms with Crippen molar-refractivity contribution in [2.75, 3.05) is 11.9 Å². The van der Waals surface area contributed by atoms with Crippen LogP contribution in [0.1, 0.15) is 26.7 Å². The second-order valence-corrected chi connectivity index (χ2v) is 4.65. The van der Waals surface area contributed by atoms with E-state index in [2.05, 4.69) is 5.32 Å². The molecule has 0 spiro atoms. The number of carbonyl (C=O) groups excluding carboxylic acids is 1. The molecule has 0 aliphatic carbocycles. The summed E-state index contributed by atoms with van der Waals surface area (Å²) in [6, 6.07) is 4.79. The van der Waals surface area contributed by atoms with Crippen LogP contribution in [0.25, 0.3) is 0 Å². The van der Waals surface area contributed by atoms with Crippen LogP contribution in [0.2, 0.25) is 10.0 Å². The van der Waals surface area contributed by atoms with E-state index in [9.17, 15) is 4.79 Å². The van der Waals surface area contributed by atoms with Crippen LogP contribution < -0.4 is 5.32 Å². The molecule has 0 saturated heterocycles. The molecule has 0 saturated carbocycles. The predicted molar refractivity (Wildman–Crippen MR) is 75.4 cm³/mol. The van der Waals surface area contributed by atoms with Gasteiger partial charge in [0, 0.05) is 0 Å². The van der Waals surface area contributed by atoms with Gasteiger partial charge in [0.1, 0.15) is 6.04 Å². The lowest BCUT2D eigenvalue weighted by atomic mass is 10.1. The first-order chi connectivity index (χ1) is 8.60. The van der Waals surface area contributed by atoms with Crippen LogP contribution in [-0.2, 0) is 9.53 Å². The molecule has 0 fully saturated rings. The number of benzene rings is 1. The van der Waals surface area contributed by atoms with Crippen molar-refractivity contribution in [2.24, 2.45) is 0 Å². The summed E-state index contributed by atoms with van der Waals surface area (Å²) in [7, 11) is 0. The first kappa shape index (κ1) is 15.1. The van der Waals surface area contributed by atoms with Crippen molar-refractivity contribution in [1.82, 2.24) is 0 Å². The Labute approximate surface area is 117 Å². The number of halogens is 2. The topological polar surface area (TPSA) is 38.3 Å². The average Bonchev–Trinajstić information content (AvgIpc) is 2.33. The first-order valence-electron chi connectivity index (χ1n) is 5.97. The van der Waals surface area contributed by atoms with Crippen LogP contribution >= 0.6 is 23.2 Å². The SMILES string of the molecule is CCCC(Nc1c(Cl)cccc1Cl)C(=O)OCC. The minimum atomic E-state index is -0.424. The van der Waals surface area contributed by atoms with Crippen LogP contribution in [0.15, 0.2) is 18.2 Å². The number of para-hydroxylation sites is 1. The highest BCUT2D eigenvalue weighted by molar-refractivity contribution is 6.39. The number of nitrogens with one attached hydrogen (secondary N) is 1. The Morgan fingerprint density at radius 1 is 1.33 bits per heavy atom. The van der Waals surface area contributed by atoms with Gasteiger partial charge in [-0.1, -0.05) is 42.6 Å². The summed E-state index contributed by atoms with van der Waals surface area (Å²) in [4.78, 5) is 11.8. The van der Waals surface area contributed by atoms with Crippen molar-refractivity contribution in [3.63, 3.8) is 0 Å². The van der Waals surface area contributed by atoms with E-state index in [4.69, 9.17) is 27.9 Å². The monoisotopic (exact) mass is 289 g/mol. The molecule has 0 bridgehead atoms. The molecule has 0 aromatic heterocycles. The second kappa shape index (κ2) is 7.49. The van der Waals surface area contributed by atoms with Crippen molar-refractivity contribution < 1.29 is 9.53 Å². The quantitative estimate of drug-likeness (QED) is 0.800. The van der Waals surface area contributed by atoms with Gasteiger partial charge in [0.15, 0.2) is 0 Å². The summed E-state index contributed by atoms with van der Waals surface area (Å²) in [5, 5.41) is 4.05. The number of rotatable bonds is 6. The Balaban J connectivity index is 2.86. The lowest BCUT2D eigenvalue weighted by Crippen LogP contribution is -2.31. The first-order valence-corrected chi connectivity index (χ1v) is 6.72. The molecule has 1 rings (SSSR count). The second-order valence-electron chi connectivity index (χ2n) is 3.83. The van der Waals surface area contributed by atoms with E-state index in [1.807, 2.05) is 6.92 Å². The van der Waals surface area contributed by atoms with Crippen molar-refractivity contribution in [3.05, 3.63) is 28.2 Å². The van der Waals surface area contributed by atoms with Gasteiger partial charge in [-0.05, 0) is 25.5 Å². The van der Waals surface area contributed by atoms with Gasteiger partial charge >= 0.3 is 5.97 Å². The van der Waals surface area contributed by atoms with Gasteiger partial charge < -0.3 is 10.1 Å². The van der Waals surface area contributed by atoms with Gasteiger partial charge in [-0.2, -0.15) is 0 Å². The summed E-state index contributed by atoms with van der Waals surface area (Å²) in [6.45, 7) is 4.14. The fourth-order valence-electron chi connectivity index (χ4n) is 1.59. The molecule has 0 aliphatic rings. The lowest BCUT2D eigenvalue weighted by Gasteiger charge is -2.19. The molecule has 5 heteroatoms. The third-order valence-corrected chi connectivity index (χ3v) is 3.06. The Morgan fingerprint density at radius 3 is 2.44 bits per heavy atom. The van der Waals surface area contributed by atoms with Gasteiger partial charge in [0.2, 0.25) is 0 Å². The number of carbonyl (C=O) groups is 1. The Bertz CT molecular complexity index is 390. The molecule has 0 aliphatic heterocycles. The van der Waals surface area contributed by atoms with E-state index in [0.29, 0.717) is 28.8 Å². The van der Waals surface area contributed by atoms with Crippen molar-refractivity contribution in [2.45, 2.75) is 32.7 Å². The zero-order chi connectivity index (χ0) is 13.5. The Kier molecular flexibility index (Phi) is 6.30. The fraction of sp³-hybridized carbons (Fsp3) is 0.462. The summed E-state index contributed by atoms with van der Waals surface area (Å²) in [6.07, 6.45) is 1.53. The highest BCUT2D eigenvalue weighted by Crippen LogP contribution is 2.30. The number of ether oxygens (including phenoxy) is 1. The van der Waals surface area contributed by atoms with Crippen LogP contribution in [0.3, 0.4) is 0 Å². The van der Waals surface area contributed by atoms with Crippen molar-refractivity contribution >= 4 is 34.9 Å². The normalized spacial score (nSPS) is 12.0. The molecule has 0 heterocycles. The molecule has 3 nitrogen and oxygen atoms in total. The minimum absolute atomic E-state index is 0.282. The fourth-order valence-corrected chi connectivity index (χ4v) is 2.10. The van der Waals surface area contributed by atoms with E-state index in [1.54, 1.807) is 25.1 Å². The number of esters is 1. The van der Waals surface area contributed by atoms with Crippen LogP contribution in [-0.4, -0.2) is 18.6 Å². The molecule has 1 atom stereocenters. The molecule has 1 aromatic rings. The van der Waals surface area contributed by atoms with Gasteiger partial charge in [-0.25, -0.2) is 4.79 Å². The highest BCUT2D eigenvalue weighted by atomic mass is 35.5. The Hall–Kier alpha value is -0.930. The zero-order valence-electron chi connectivity index (χ0n) is 10.5.